The quantitative estimate of drug-likeness (QED) is 0.694. The van der Waals surface area contributed by atoms with Gasteiger partial charge < -0.3 is 14.8 Å². The van der Waals surface area contributed by atoms with E-state index in [0.717, 1.165) is 31.0 Å². The highest BCUT2D eigenvalue weighted by Crippen LogP contribution is 2.25. The summed E-state index contributed by atoms with van der Waals surface area (Å²) in [6.07, 6.45) is 4.44. The Morgan fingerprint density at radius 2 is 1.96 bits per heavy atom. The van der Waals surface area contributed by atoms with Crippen molar-refractivity contribution in [3.05, 3.63) is 59.4 Å². The van der Waals surface area contributed by atoms with Gasteiger partial charge in [-0.3, -0.25) is 4.79 Å². The van der Waals surface area contributed by atoms with Crippen LogP contribution in [-0.2, 0) is 7.05 Å². The summed E-state index contributed by atoms with van der Waals surface area (Å²) in [5.74, 6) is -0.146. The van der Waals surface area contributed by atoms with Crippen molar-refractivity contribution < 1.29 is 4.79 Å². The van der Waals surface area contributed by atoms with E-state index in [2.05, 4.69) is 10.2 Å². The number of hydrogen-bond acceptors (Lipinski definition) is 3. The largest absolute Gasteiger partial charge is 0.349 e. The second kappa shape index (κ2) is 8.20. The fourth-order valence-electron chi connectivity index (χ4n) is 3.63. The van der Waals surface area contributed by atoms with Crippen LogP contribution in [0.2, 0.25) is 5.02 Å². The number of hydrogen-bond donors (Lipinski definition) is 1. The van der Waals surface area contributed by atoms with Crippen molar-refractivity contribution in [1.29, 1.82) is 0 Å². The van der Waals surface area contributed by atoms with Crippen molar-refractivity contribution in [2.75, 3.05) is 26.2 Å². The van der Waals surface area contributed by atoms with Gasteiger partial charge in [-0.15, -0.1) is 0 Å². The molecule has 3 heterocycles. The van der Waals surface area contributed by atoms with E-state index in [1.54, 1.807) is 10.7 Å². The molecule has 1 aliphatic heterocycles. The SMILES string of the molecule is Cn1cccc1-c1cc(C(=O)NCCN2CCCC2)n(-c2ccccc2Cl)n1. The molecule has 0 saturated carbocycles. The summed E-state index contributed by atoms with van der Waals surface area (Å²) >= 11 is 6.39. The van der Waals surface area contributed by atoms with Crippen LogP contribution in [0.4, 0.5) is 0 Å². The number of para-hydroxylation sites is 1. The zero-order valence-corrected chi connectivity index (χ0v) is 16.7. The number of halogens is 1. The molecule has 2 aromatic heterocycles. The highest BCUT2D eigenvalue weighted by Gasteiger charge is 2.20. The van der Waals surface area contributed by atoms with E-state index in [1.165, 1.54) is 12.8 Å². The lowest BCUT2D eigenvalue weighted by molar-refractivity contribution is 0.0942. The lowest BCUT2D eigenvalue weighted by Crippen LogP contribution is -2.34. The number of nitrogens with one attached hydrogen (secondary N) is 1. The summed E-state index contributed by atoms with van der Waals surface area (Å²) < 4.78 is 3.62. The number of carbonyl (C=O) groups excluding carboxylic acids is 1. The predicted octanol–water partition coefficient (Wildman–Crippen LogP) is 3.36. The molecule has 7 heteroatoms. The van der Waals surface area contributed by atoms with Crippen LogP contribution in [0.3, 0.4) is 0 Å². The van der Waals surface area contributed by atoms with Gasteiger partial charge in [0, 0.05) is 26.3 Å². The Bertz CT molecular complexity index is 971. The fourth-order valence-corrected chi connectivity index (χ4v) is 3.84. The van der Waals surface area contributed by atoms with Crippen molar-refractivity contribution in [1.82, 2.24) is 24.6 Å². The monoisotopic (exact) mass is 397 g/mol. The van der Waals surface area contributed by atoms with Gasteiger partial charge in [0.2, 0.25) is 0 Å². The van der Waals surface area contributed by atoms with E-state index in [1.807, 2.05) is 54.2 Å². The number of likely N-dealkylation sites (tertiary alicyclic amines) is 1. The van der Waals surface area contributed by atoms with Gasteiger partial charge in [0.25, 0.3) is 5.91 Å². The maximum absolute atomic E-state index is 13.0. The predicted molar refractivity (Wildman–Crippen MR) is 111 cm³/mol. The Morgan fingerprint density at radius 1 is 1.18 bits per heavy atom. The number of amides is 1. The van der Waals surface area contributed by atoms with Crippen LogP contribution in [0, 0.1) is 0 Å². The van der Waals surface area contributed by atoms with Crippen LogP contribution < -0.4 is 5.32 Å². The third-order valence-electron chi connectivity index (χ3n) is 5.14. The molecule has 4 rings (SSSR count). The lowest BCUT2D eigenvalue weighted by Gasteiger charge is -2.15. The smallest absolute Gasteiger partial charge is 0.270 e. The van der Waals surface area contributed by atoms with Gasteiger partial charge in [-0.25, -0.2) is 4.68 Å². The van der Waals surface area contributed by atoms with E-state index < -0.39 is 0 Å². The van der Waals surface area contributed by atoms with Crippen molar-refractivity contribution in [2.24, 2.45) is 7.05 Å². The normalized spacial score (nSPS) is 14.5. The zero-order valence-electron chi connectivity index (χ0n) is 15.9. The van der Waals surface area contributed by atoms with E-state index >= 15 is 0 Å². The third-order valence-corrected chi connectivity index (χ3v) is 5.46. The van der Waals surface area contributed by atoms with Crippen LogP contribution in [-0.4, -0.2) is 51.3 Å². The topological polar surface area (TPSA) is 55.1 Å². The standard InChI is InChI=1S/C21H24ClN5O/c1-25-11-6-9-19(25)17-15-20(21(28)23-10-14-26-12-4-5-13-26)27(24-17)18-8-3-2-7-16(18)22/h2-3,6-9,11,15H,4-5,10,12-14H2,1H3,(H,23,28). The van der Waals surface area contributed by atoms with Gasteiger partial charge in [0.05, 0.1) is 16.4 Å². The molecule has 28 heavy (non-hydrogen) atoms. The number of aromatic nitrogens is 3. The second-order valence-corrected chi connectivity index (χ2v) is 7.49. The Hall–Kier alpha value is -2.57. The molecule has 1 fully saturated rings. The average molecular weight is 398 g/mol. The molecule has 0 aliphatic carbocycles. The molecule has 1 N–H and O–H groups in total. The van der Waals surface area contributed by atoms with E-state index in [4.69, 9.17) is 16.7 Å². The second-order valence-electron chi connectivity index (χ2n) is 7.09. The van der Waals surface area contributed by atoms with Crippen LogP contribution >= 0.6 is 11.6 Å². The van der Waals surface area contributed by atoms with Crippen molar-refractivity contribution >= 4 is 17.5 Å². The average Bonchev–Trinajstić information content (AvgIpc) is 3.42. The summed E-state index contributed by atoms with van der Waals surface area (Å²) in [6.45, 7) is 3.72. The first kappa shape index (κ1) is 18.8. The molecular formula is C21H24ClN5O. The Balaban J connectivity index is 1.62. The zero-order chi connectivity index (χ0) is 19.5. The molecule has 0 atom stereocenters. The van der Waals surface area contributed by atoms with Gasteiger partial charge in [-0.1, -0.05) is 23.7 Å². The first-order chi connectivity index (χ1) is 13.6. The number of rotatable bonds is 6. The summed E-state index contributed by atoms with van der Waals surface area (Å²) in [4.78, 5) is 15.3. The molecule has 1 aromatic carbocycles. The molecule has 6 nitrogen and oxygen atoms in total. The molecule has 1 amide bonds. The van der Waals surface area contributed by atoms with Crippen LogP contribution in [0.15, 0.2) is 48.7 Å². The molecule has 0 bridgehead atoms. The minimum absolute atomic E-state index is 0.146. The van der Waals surface area contributed by atoms with E-state index in [0.29, 0.717) is 22.9 Å². The summed E-state index contributed by atoms with van der Waals surface area (Å²) in [6, 6.07) is 13.2. The Kier molecular flexibility index (Phi) is 5.50. The fraction of sp³-hybridized carbons (Fsp3) is 0.333. The summed E-state index contributed by atoms with van der Waals surface area (Å²) in [5.41, 5.74) is 2.84. The number of aryl methyl sites for hydroxylation is 1. The first-order valence-corrected chi connectivity index (χ1v) is 9.98. The minimum atomic E-state index is -0.146. The van der Waals surface area contributed by atoms with Crippen LogP contribution in [0.5, 0.6) is 0 Å². The molecular weight excluding hydrogens is 374 g/mol. The van der Waals surface area contributed by atoms with E-state index in [-0.39, 0.29) is 5.91 Å². The minimum Gasteiger partial charge on any atom is -0.349 e. The first-order valence-electron chi connectivity index (χ1n) is 9.61. The number of carbonyl (C=O) groups is 1. The molecule has 1 aliphatic rings. The van der Waals surface area contributed by atoms with Crippen molar-refractivity contribution in [3.8, 4) is 17.1 Å². The maximum Gasteiger partial charge on any atom is 0.270 e. The highest BCUT2D eigenvalue weighted by molar-refractivity contribution is 6.32. The molecule has 3 aromatic rings. The van der Waals surface area contributed by atoms with Gasteiger partial charge in [-0.2, -0.15) is 5.10 Å². The molecule has 0 unspecified atom stereocenters. The Morgan fingerprint density at radius 3 is 2.68 bits per heavy atom. The maximum atomic E-state index is 13.0. The summed E-state index contributed by atoms with van der Waals surface area (Å²) in [7, 11) is 1.96. The summed E-state index contributed by atoms with van der Waals surface area (Å²) in [5, 5.41) is 8.28. The van der Waals surface area contributed by atoms with Gasteiger partial charge in [0.15, 0.2) is 0 Å². The highest BCUT2D eigenvalue weighted by atomic mass is 35.5. The van der Waals surface area contributed by atoms with Crippen LogP contribution in [0.25, 0.3) is 17.1 Å². The van der Waals surface area contributed by atoms with Gasteiger partial charge in [0.1, 0.15) is 11.4 Å². The van der Waals surface area contributed by atoms with Gasteiger partial charge >= 0.3 is 0 Å². The van der Waals surface area contributed by atoms with E-state index in [9.17, 15) is 4.79 Å². The molecule has 0 spiro atoms. The lowest BCUT2D eigenvalue weighted by atomic mass is 10.2. The number of nitrogens with zero attached hydrogens (tertiary/aromatic N) is 4. The van der Waals surface area contributed by atoms with Crippen molar-refractivity contribution in [3.63, 3.8) is 0 Å². The Labute approximate surface area is 169 Å². The molecule has 0 radical (unpaired) electrons. The van der Waals surface area contributed by atoms with Crippen LogP contribution in [0.1, 0.15) is 23.3 Å². The van der Waals surface area contributed by atoms with Gasteiger partial charge in [-0.05, 0) is 56.3 Å². The number of benzene rings is 1. The van der Waals surface area contributed by atoms with Crippen molar-refractivity contribution in [2.45, 2.75) is 12.8 Å². The molecule has 146 valence electrons. The third kappa shape index (κ3) is 3.84. The molecule has 1 saturated heterocycles.